The van der Waals surface area contributed by atoms with Gasteiger partial charge in [-0.3, -0.25) is 9.59 Å². The van der Waals surface area contributed by atoms with Gasteiger partial charge in [0.15, 0.2) is 0 Å². The van der Waals surface area contributed by atoms with Crippen molar-refractivity contribution in [1.29, 1.82) is 0 Å². The molecule has 2 aliphatic rings. The number of hydrogen-bond acceptors (Lipinski definition) is 4. The molecule has 1 atom stereocenters. The van der Waals surface area contributed by atoms with E-state index in [9.17, 15) is 9.59 Å². The van der Waals surface area contributed by atoms with E-state index in [0.29, 0.717) is 6.61 Å². The molecule has 0 aromatic heterocycles. The third-order valence-electron chi connectivity index (χ3n) is 4.44. The van der Waals surface area contributed by atoms with Gasteiger partial charge in [-0.2, -0.15) is 0 Å². The van der Waals surface area contributed by atoms with Crippen LogP contribution in [0.15, 0.2) is 0 Å². The summed E-state index contributed by atoms with van der Waals surface area (Å²) in [7, 11) is 0. The van der Waals surface area contributed by atoms with E-state index in [1.807, 2.05) is 0 Å². The molecule has 1 saturated carbocycles. The zero-order valence-electron chi connectivity index (χ0n) is 11.7. The van der Waals surface area contributed by atoms with Gasteiger partial charge < -0.3 is 15.4 Å². The maximum absolute atomic E-state index is 12.4. The fraction of sp³-hybridized carbons (Fsp3) is 0.857. The Morgan fingerprint density at radius 3 is 2.63 bits per heavy atom. The second kappa shape index (κ2) is 5.90. The molecule has 1 heterocycles. The second-order valence-corrected chi connectivity index (χ2v) is 5.66. The zero-order valence-corrected chi connectivity index (χ0v) is 11.7. The number of ether oxygens (including phenoxy) is 1. The fourth-order valence-corrected chi connectivity index (χ4v) is 3.48. The van der Waals surface area contributed by atoms with Crippen LogP contribution in [0.4, 0.5) is 0 Å². The van der Waals surface area contributed by atoms with Crippen LogP contribution < -0.4 is 5.73 Å². The number of amides is 1. The number of nitrogens with zero attached hydrogens (tertiary/aromatic N) is 1. The van der Waals surface area contributed by atoms with Crippen molar-refractivity contribution in [3.05, 3.63) is 0 Å². The number of carbonyl (C=O) groups excluding carboxylic acids is 2. The van der Waals surface area contributed by atoms with Gasteiger partial charge in [0.25, 0.3) is 0 Å². The van der Waals surface area contributed by atoms with Crippen molar-refractivity contribution in [2.24, 2.45) is 5.73 Å². The first-order valence-corrected chi connectivity index (χ1v) is 7.32. The van der Waals surface area contributed by atoms with E-state index in [1.165, 1.54) is 0 Å². The molecule has 1 aliphatic heterocycles. The molecular formula is C14H24N2O3. The highest BCUT2D eigenvalue weighted by Gasteiger charge is 2.45. The van der Waals surface area contributed by atoms with Gasteiger partial charge in [0.1, 0.15) is 6.54 Å². The van der Waals surface area contributed by atoms with Crippen LogP contribution in [-0.4, -0.2) is 41.5 Å². The topological polar surface area (TPSA) is 72.6 Å². The normalized spacial score (nSPS) is 26.5. The zero-order chi connectivity index (χ0) is 13.9. The summed E-state index contributed by atoms with van der Waals surface area (Å²) in [6, 6.07) is -0.464. The van der Waals surface area contributed by atoms with Gasteiger partial charge in [0.2, 0.25) is 5.91 Å². The van der Waals surface area contributed by atoms with Crippen LogP contribution in [0.3, 0.4) is 0 Å². The van der Waals surface area contributed by atoms with Gasteiger partial charge in [0, 0.05) is 5.54 Å². The van der Waals surface area contributed by atoms with E-state index in [1.54, 1.807) is 11.8 Å². The van der Waals surface area contributed by atoms with Gasteiger partial charge in [-0.15, -0.1) is 0 Å². The molecule has 19 heavy (non-hydrogen) atoms. The lowest BCUT2D eigenvalue weighted by Gasteiger charge is -2.40. The summed E-state index contributed by atoms with van der Waals surface area (Å²) in [5, 5.41) is 0. The molecule has 108 valence electrons. The Hall–Kier alpha value is -1.10. The molecule has 5 heteroatoms. The summed E-state index contributed by atoms with van der Waals surface area (Å²) >= 11 is 0. The monoisotopic (exact) mass is 268 g/mol. The van der Waals surface area contributed by atoms with Crippen LogP contribution in [0.25, 0.3) is 0 Å². The van der Waals surface area contributed by atoms with Crippen LogP contribution in [0.1, 0.15) is 51.9 Å². The average molecular weight is 268 g/mol. The molecule has 1 amide bonds. The van der Waals surface area contributed by atoms with E-state index < -0.39 is 6.04 Å². The van der Waals surface area contributed by atoms with E-state index in [0.717, 1.165) is 44.9 Å². The van der Waals surface area contributed by atoms with E-state index in [-0.39, 0.29) is 24.0 Å². The minimum absolute atomic E-state index is 0.0559. The highest BCUT2D eigenvalue weighted by Crippen LogP contribution is 2.41. The largest absolute Gasteiger partial charge is 0.465 e. The van der Waals surface area contributed by atoms with Gasteiger partial charge >= 0.3 is 5.97 Å². The van der Waals surface area contributed by atoms with Crippen LogP contribution >= 0.6 is 0 Å². The Bertz CT molecular complexity index is 351. The minimum Gasteiger partial charge on any atom is -0.465 e. The van der Waals surface area contributed by atoms with Gasteiger partial charge in [-0.1, -0.05) is 12.8 Å². The lowest BCUT2D eigenvalue weighted by Crippen LogP contribution is -2.55. The molecule has 0 aromatic carbocycles. The Morgan fingerprint density at radius 1 is 1.37 bits per heavy atom. The van der Waals surface area contributed by atoms with Crippen LogP contribution in [0.5, 0.6) is 0 Å². The third-order valence-corrected chi connectivity index (χ3v) is 4.44. The smallest absolute Gasteiger partial charge is 0.325 e. The first-order valence-electron chi connectivity index (χ1n) is 7.32. The Balaban J connectivity index is 2.19. The van der Waals surface area contributed by atoms with E-state index in [2.05, 4.69) is 0 Å². The summed E-state index contributed by atoms with van der Waals surface area (Å²) in [5.74, 6) is -0.399. The summed E-state index contributed by atoms with van der Waals surface area (Å²) in [6.07, 6.45) is 6.89. The van der Waals surface area contributed by atoms with Crippen LogP contribution in [-0.2, 0) is 14.3 Å². The molecule has 2 rings (SSSR count). The lowest BCUT2D eigenvalue weighted by atomic mass is 9.90. The van der Waals surface area contributed by atoms with Gasteiger partial charge in [-0.05, 0) is 39.0 Å². The standard InChI is InChI=1S/C14H24N2O3/c1-2-19-12(17)10-16-13(18)11(15)6-5-9-14(16)7-3-4-8-14/h11H,2-10,15H2,1H3. The first kappa shape index (κ1) is 14.3. The Morgan fingerprint density at radius 2 is 2.00 bits per heavy atom. The minimum atomic E-state index is -0.464. The highest BCUT2D eigenvalue weighted by atomic mass is 16.5. The summed E-state index contributed by atoms with van der Waals surface area (Å²) in [5.41, 5.74) is 5.79. The predicted molar refractivity (Wildman–Crippen MR) is 71.4 cm³/mol. The fourth-order valence-electron chi connectivity index (χ4n) is 3.48. The number of rotatable bonds is 3. The third kappa shape index (κ3) is 2.91. The number of hydrogen-bond donors (Lipinski definition) is 1. The maximum atomic E-state index is 12.4. The highest BCUT2D eigenvalue weighted by molar-refractivity contribution is 5.86. The molecule has 2 N–H and O–H groups in total. The molecule has 1 saturated heterocycles. The van der Waals surface area contributed by atoms with Crippen molar-refractivity contribution in [2.75, 3.05) is 13.2 Å². The maximum Gasteiger partial charge on any atom is 0.325 e. The molecule has 1 unspecified atom stereocenters. The van der Waals surface area contributed by atoms with Crippen molar-refractivity contribution < 1.29 is 14.3 Å². The van der Waals surface area contributed by atoms with Gasteiger partial charge in [0.05, 0.1) is 12.6 Å². The van der Waals surface area contributed by atoms with Crippen molar-refractivity contribution in [3.8, 4) is 0 Å². The Kier molecular flexibility index (Phi) is 4.45. The molecule has 2 fully saturated rings. The molecule has 1 aliphatic carbocycles. The first-order chi connectivity index (χ1) is 9.09. The lowest BCUT2D eigenvalue weighted by molar-refractivity contribution is -0.153. The summed E-state index contributed by atoms with van der Waals surface area (Å²) in [6.45, 7) is 2.18. The van der Waals surface area contributed by atoms with Crippen molar-refractivity contribution >= 4 is 11.9 Å². The predicted octanol–water partition coefficient (Wildman–Crippen LogP) is 1.20. The SMILES string of the molecule is CCOC(=O)CN1C(=O)C(N)CCCC12CCCC2. The molecule has 0 bridgehead atoms. The Labute approximate surface area is 114 Å². The van der Waals surface area contributed by atoms with Crippen LogP contribution in [0, 0.1) is 0 Å². The average Bonchev–Trinajstić information content (AvgIpc) is 2.81. The molecule has 0 radical (unpaired) electrons. The van der Waals surface area contributed by atoms with E-state index in [4.69, 9.17) is 10.5 Å². The quantitative estimate of drug-likeness (QED) is 0.781. The van der Waals surface area contributed by atoms with Crippen molar-refractivity contribution in [3.63, 3.8) is 0 Å². The summed E-state index contributed by atoms with van der Waals surface area (Å²) < 4.78 is 5.00. The van der Waals surface area contributed by atoms with Crippen LogP contribution in [0.2, 0.25) is 0 Å². The molecule has 5 nitrogen and oxygen atoms in total. The van der Waals surface area contributed by atoms with Crippen molar-refractivity contribution in [1.82, 2.24) is 4.90 Å². The van der Waals surface area contributed by atoms with E-state index >= 15 is 0 Å². The number of nitrogens with two attached hydrogens (primary N) is 1. The molecule has 1 spiro atoms. The number of likely N-dealkylation sites (tertiary alicyclic amines) is 1. The number of carbonyl (C=O) groups is 2. The summed E-state index contributed by atoms with van der Waals surface area (Å²) in [4.78, 5) is 25.9. The van der Waals surface area contributed by atoms with Crippen molar-refractivity contribution in [2.45, 2.75) is 63.5 Å². The molecular weight excluding hydrogens is 244 g/mol. The molecule has 0 aromatic rings. The number of esters is 1. The second-order valence-electron chi connectivity index (χ2n) is 5.66. The van der Waals surface area contributed by atoms with Gasteiger partial charge in [-0.25, -0.2) is 0 Å².